The van der Waals surface area contributed by atoms with Gasteiger partial charge in [0.1, 0.15) is 18.2 Å². The minimum Gasteiger partial charge on any atom is -0.489 e. The molecule has 0 unspecified atom stereocenters. The molecule has 2 atom stereocenters. The summed E-state index contributed by atoms with van der Waals surface area (Å²) >= 11 is 0. The molecule has 0 aromatic heterocycles. The topological polar surface area (TPSA) is 27.7 Å². The summed E-state index contributed by atoms with van der Waals surface area (Å²) in [7, 11) is -0.507. The van der Waals surface area contributed by atoms with Crippen LogP contribution in [-0.4, -0.2) is 18.3 Å². The molecule has 0 N–H and O–H groups in total. The van der Waals surface area contributed by atoms with Crippen LogP contribution in [0.3, 0.4) is 0 Å². The van der Waals surface area contributed by atoms with Gasteiger partial charge in [0, 0.05) is 5.56 Å². The average molecular weight is 408 g/mol. The third-order valence-corrected chi connectivity index (χ3v) is 7.49. The highest BCUT2D eigenvalue weighted by atomic mass is 19.1. The molecule has 5 rings (SSSR count). The molecule has 2 fully saturated rings. The predicted molar refractivity (Wildman–Crippen MR) is 117 cm³/mol. The predicted octanol–water partition coefficient (Wildman–Crippen LogP) is 4.93. The van der Waals surface area contributed by atoms with Crippen molar-refractivity contribution in [2.75, 3.05) is 0 Å². The molecule has 1 aliphatic heterocycles. The first-order valence-corrected chi connectivity index (χ1v) is 11.1. The van der Waals surface area contributed by atoms with Crippen molar-refractivity contribution in [3.8, 4) is 5.75 Å². The fourth-order valence-electron chi connectivity index (χ4n) is 4.74. The summed E-state index contributed by atoms with van der Waals surface area (Å²) in [5, 5.41) is 0. The van der Waals surface area contributed by atoms with E-state index in [4.69, 9.17) is 14.0 Å². The summed E-state index contributed by atoms with van der Waals surface area (Å²) in [5.74, 6) is 2.23. The van der Waals surface area contributed by atoms with Gasteiger partial charge in [-0.15, -0.1) is 0 Å². The number of hydrogen-bond acceptors (Lipinski definition) is 3. The Morgan fingerprint density at radius 1 is 1.07 bits per heavy atom. The van der Waals surface area contributed by atoms with Crippen LogP contribution in [0.15, 0.2) is 30.3 Å². The normalized spacial score (nSPS) is 25.2. The molecule has 5 heteroatoms. The lowest BCUT2D eigenvalue weighted by molar-refractivity contribution is 0.00578. The Hall–Kier alpha value is -1.85. The van der Waals surface area contributed by atoms with E-state index < -0.39 is 18.3 Å². The van der Waals surface area contributed by atoms with Crippen LogP contribution < -0.4 is 10.2 Å². The van der Waals surface area contributed by atoms with Gasteiger partial charge >= 0.3 is 7.12 Å². The molecular formula is C25H30BFO3. The Bertz CT molecular complexity index is 984. The molecule has 0 spiro atoms. The summed E-state index contributed by atoms with van der Waals surface area (Å²) in [6.07, 6.45) is 3.41. The molecular weight excluding hydrogens is 378 g/mol. The van der Waals surface area contributed by atoms with E-state index in [0.717, 1.165) is 35.9 Å². The van der Waals surface area contributed by atoms with Crippen molar-refractivity contribution in [2.24, 2.45) is 5.92 Å². The molecule has 0 amide bonds. The van der Waals surface area contributed by atoms with E-state index in [9.17, 15) is 4.39 Å². The van der Waals surface area contributed by atoms with E-state index in [1.165, 1.54) is 29.2 Å². The van der Waals surface area contributed by atoms with Crippen molar-refractivity contribution < 1.29 is 18.4 Å². The number of fused-ring (bicyclic) bond motifs is 3. The Morgan fingerprint density at radius 3 is 2.50 bits per heavy atom. The Balaban J connectivity index is 1.36. The van der Waals surface area contributed by atoms with E-state index in [-0.39, 0.29) is 12.4 Å². The molecule has 3 nitrogen and oxygen atoms in total. The van der Waals surface area contributed by atoms with Gasteiger partial charge in [0.05, 0.1) is 11.2 Å². The number of halogens is 1. The molecule has 2 aromatic carbocycles. The molecule has 3 aliphatic rings. The molecule has 30 heavy (non-hydrogen) atoms. The van der Waals surface area contributed by atoms with Crippen molar-refractivity contribution in [1.82, 2.24) is 0 Å². The van der Waals surface area contributed by atoms with Gasteiger partial charge in [-0.3, -0.25) is 0 Å². The molecule has 1 saturated heterocycles. The number of rotatable bonds is 5. The second kappa shape index (κ2) is 6.83. The number of ether oxygens (including phenoxy) is 1. The maximum absolute atomic E-state index is 14.6. The highest BCUT2D eigenvalue weighted by molar-refractivity contribution is 6.62. The van der Waals surface area contributed by atoms with Gasteiger partial charge < -0.3 is 14.0 Å². The largest absolute Gasteiger partial charge is 0.494 e. The Labute approximate surface area is 179 Å². The van der Waals surface area contributed by atoms with Gasteiger partial charge in [0.15, 0.2) is 0 Å². The highest BCUT2D eigenvalue weighted by Crippen LogP contribution is 2.57. The fraction of sp³-hybridized carbons (Fsp3) is 0.520. The molecule has 2 aliphatic carbocycles. The number of aryl methyl sites for hydroxylation is 1. The van der Waals surface area contributed by atoms with Gasteiger partial charge in [-0.1, -0.05) is 25.1 Å². The third-order valence-electron chi connectivity index (χ3n) is 7.49. The minimum absolute atomic E-state index is 0.192. The van der Waals surface area contributed by atoms with Gasteiger partial charge in [0.25, 0.3) is 0 Å². The second-order valence-corrected chi connectivity index (χ2v) is 10.0. The van der Waals surface area contributed by atoms with Crippen LogP contribution in [0.4, 0.5) is 4.39 Å². The lowest BCUT2D eigenvalue weighted by Gasteiger charge is -2.32. The molecule has 2 aromatic rings. The fourth-order valence-corrected chi connectivity index (χ4v) is 4.74. The first-order valence-electron chi connectivity index (χ1n) is 11.1. The first kappa shape index (κ1) is 20.1. The van der Waals surface area contributed by atoms with Gasteiger partial charge in [-0.05, 0) is 93.1 Å². The van der Waals surface area contributed by atoms with Crippen LogP contribution in [0.1, 0.15) is 69.2 Å². The summed E-state index contributed by atoms with van der Waals surface area (Å²) < 4.78 is 33.0. The zero-order chi connectivity index (χ0) is 21.3. The summed E-state index contributed by atoms with van der Waals surface area (Å²) in [5.41, 5.74) is 4.62. The number of benzene rings is 2. The quantitative estimate of drug-likeness (QED) is 0.657. The van der Waals surface area contributed by atoms with E-state index in [2.05, 4.69) is 19.1 Å². The summed E-state index contributed by atoms with van der Waals surface area (Å²) in [6, 6.07) is 9.54. The van der Waals surface area contributed by atoms with E-state index in [1.807, 2.05) is 33.8 Å². The smallest absolute Gasteiger partial charge is 0.489 e. The molecule has 1 saturated carbocycles. The van der Waals surface area contributed by atoms with Crippen molar-refractivity contribution >= 4 is 12.6 Å². The monoisotopic (exact) mass is 408 g/mol. The van der Waals surface area contributed by atoms with E-state index >= 15 is 0 Å². The Morgan fingerprint density at radius 2 is 1.80 bits per heavy atom. The van der Waals surface area contributed by atoms with Crippen LogP contribution in [0.2, 0.25) is 0 Å². The molecule has 0 bridgehead atoms. The zero-order valence-corrected chi connectivity index (χ0v) is 18.5. The zero-order valence-electron chi connectivity index (χ0n) is 18.5. The number of hydrogen-bond donors (Lipinski definition) is 0. The summed E-state index contributed by atoms with van der Waals surface area (Å²) in [4.78, 5) is 0. The molecule has 158 valence electrons. The highest BCUT2D eigenvalue weighted by Gasteiger charge is 2.51. The second-order valence-electron chi connectivity index (χ2n) is 10.0. The van der Waals surface area contributed by atoms with Crippen molar-refractivity contribution in [2.45, 2.75) is 77.6 Å². The van der Waals surface area contributed by atoms with E-state index in [0.29, 0.717) is 5.56 Å². The van der Waals surface area contributed by atoms with Crippen molar-refractivity contribution in [3.63, 3.8) is 0 Å². The van der Waals surface area contributed by atoms with Crippen molar-refractivity contribution in [1.29, 1.82) is 0 Å². The maximum Gasteiger partial charge on any atom is 0.494 e. The lowest BCUT2D eigenvalue weighted by Crippen LogP contribution is -2.41. The van der Waals surface area contributed by atoms with Crippen LogP contribution in [0.25, 0.3) is 0 Å². The lowest BCUT2D eigenvalue weighted by atomic mass is 9.78. The van der Waals surface area contributed by atoms with Crippen LogP contribution in [0.5, 0.6) is 5.75 Å². The van der Waals surface area contributed by atoms with Gasteiger partial charge in [-0.2, -0.15) is 0 Å². The average Bonchev–Trinajstić information content (AvgIpc) is 3.30. The molecule has 1 heterocycles. The van der Waals surface area contributed by atoms with Crippen LogP contribution in [0, 0.1) is 11.7 Å². The third kappa shape index (κ3) is 3.27. The Kier molecular flexibility index (Phi) is 4.57. The molecule has 0 radical (unpaired) electrons. The van der Waals surface area contributed by atoms with Gasteiger partial charge in [0.2, 0.25) is 0 Å². The first-order chi connectivity index (χ1) is 14.2. The minimum atomic E-state index is -0.507. The van der Waals surface area contributed by atoms with Crippen molar-refractivity contribution in [3.05, 3.63) is 58.4 Å². The van der Waals surface area contributed by atoms with E-state index in [1.54, 1.807) is 6.07 Å². The maximum atomic E-state index is 14.6. The van der Waals surface area contributed by atoms with Crippen LogP contribution >= 0.6 is 0 Å². The van der Waals surface area contributed by atoms with Gasteiger partial charge in [-0.25, -0.2) is 4.39 Å². The standard InChI is InChI=1S/C25H30BFO3/c1-6-15-11-20-17(9-16-12-21(16)20)13-23(15)28-14-18-10-19(7-8-22(18)27)26-29-24(2,3)25(4,5)30-26/h7-8,10-11,13,16,21H,6,9,12,14H2,1-5H3/t16-,21+/m0/s1. The SMILES string of the molecule is CCc1cc2c(cc1OCc1cc(B3OC(C)(C)C(C)(C)O3)ccc1F)C[C@H]1C[C@@H]21. The van der Waals surface area contributed by atoms with Crippen LogP contribution in [-0.2, 0) is 28.8 Å². The summed E-state index contributed by atoms with van der Waals surface area (Å²) in [6.45, 7) is 10.4.